The van der Waals surface area contributed by atoms with Gasteiger partial charge in [0.15, 0.2) is 0 Å². The minimum atomic E-state index is -3.65. The molecule has 0 saturated heterocycles. The van der Waals surface area contributed by atoms with Crippen LogP contribution in [-0.2, 0) is 10.0 Å². The van der Waals surface area contributed by atoms with Gasteiger partial charge in [-0.1, -0.05) is 0 Å². The van der Waals surface area contributed by atoms with E-state index >= 15 is 0 Å². The highest BCUT2D eigenvalue weighted by Crippen LogP contribution is 2.32. The van der Waals surface area contributed by atoms with Gasteiger partial charge < -0.3 is 4.74 Å². The van der Waals surface area contributed by atoms with Gasteiger partial charge in [-0.05, 0) is 41.1 Å². The van der Waals surface area contributed by atoms with Crippen LogP contribution in [0.3, 0.4) is 0 Å². The second-order valence-corrected chi connectivity index (χ2v) is 7.92. The lowest BCUT2D eigenvalue weighted by Crippen LogP contribution is -2.14. The molecule has 0 spiro atoms. The Bertz CT molecular complexity index is 698. The van der Waals surface area contributed by atoms with E-state index in [0.29, 0.717) is 10.6 Å². The van der Waals surface area contributed by atoms with Crippen LogP contribution in [0.4, 0.5) is 5.69 Å². The molecule has 0 bridgehead atoms. The van der Waals surface area contributed by atoms with Crippen LogP contribution < -0.4 is 9.46 Å². The summed E-state index contributed by atoms with van der Waals surface area (Å²) >= 11 is 4.65. The number of aryl methyl sites for hydroxylation is 1. The molecule has 2 aromatic rings. The van der Waals surface area contributed by atoms with Gasteiger partial charge in [-0.2, -0.15) is 0 Å². The number of ether oxygens (including phenoxy) is 1. The molecular formula is C11H11BrN2O3S2. The van der Waals surface area contributed by atoms with E-state index in [1.165, 1.54) is 24.6 Å². The molecule has 2 heterocycles. The van der Waals surface area contributed by atoms with Gasteiger partial charge in [0, 0.05) is 11.1 Å². The highest BCUT2D eigenvalue weighted by atomic mass is 79.9. The average Bonchev–Trinajstić information content (AvgIpc) is 2.69. The molecule has 0 unspecified atom stereocenters. The van der Waals surface area contributed by atoms with Crippen LogP contribution in [-0.4, -0.2) is 20.5 Å². The molecule has 1 N–H and O–H groups in total. The second-order valence-electron chi connectivity index (χ2n) is 3.64. The van der Waals surface area contributed by atoms with E-state index in [1.807, 2.05) is 0 Å². The smallest absolute Gasteiger partial charge is 0.263 e. The number of methoxy groups -OCH3 is 1. The van der Waals surface area contributed by atoms with Gasteiger partial charge in [-0.25, -0.2) is 13.4 Å². The van der Waals surface area contributed by atoms with Crippen LogP contribution in [0, 0.1) is 6.92 Å². The van der Waals surface area contributed by atoms with E-state index in [1.54, 1.807) is 25.1 Å². The predicted octanol–water partition coefficient (Wildman–Crippen LogP) is 3.02. The Balaban J connectivity index is 2.39. The molecule has 0 saturated carbocycles. The van der Waals surface area contributed by atoms with Crippen molar-refractivity contribution in [2.75, 3.05) is 11.8 Å². The number of nitrogens with one attached hydrogen (secondary N) is 1. The van der Waals surface area contributed by atoms with Crippen LogP contribution in [0.5, 0.6) is 5.88 Å². The molecule has 8 heteroatoms. The number of halogens is 1. The van der Waals surface area contributed by atoms with Crippen LogP contribution in [0.2, 0.25) is 0 Å². The zero-order valence-electron chi connectivity index (χ0n) is 10.2. The third kappa shape index (κ3) is 3.07. The van der Waals surface area contributed by atoms with Crippen molar-refractivity contribution < 1.29 is 13.2 Å². The van der Waals surface area contributed by atoms with Crippen molar-refractivity contribution in [3.63, 3.8) is 0 Å². The first-order valence-corrected chi connectivity index (χ1v) is 8.31. The number of sulfonamides is 1. The van der Waals surface area contributed by atoms with Gasteiger partial charge >= 0.3 is 0 Å². The summed E-state index contributed by atoms with van der Waals surface area (Å²) in [6.07, 6.45) is 1.53. The maximum absolute atomic E-state index is 12.3. The topological polar surface area (TPSA) is 68.3 Å². The van der Waals surface area contributed by atoms with Crippen molar-refractivity contribution in [3.05, 3.63) is 33.1 Å². The van der Waals surface area contributed by atoms with Crippen LogP contribution in [0.15, 0.2) is 33.1 Å². The molecule has 0 aliphatic heterocycles. The van der Waals surface area contributed by atoms with E-state index in [2.05, 4.69) is 25.6 Å². The number of pyridine rings is 1. The van der Waals surface area contributed by atoms with Crippen molar-refractivity contribution >= 4 is 43.0 Å². The lowest BCUT2D eigenvalue weighted by atomic mass is 10.4. The van der Waals surface area contributed by atoms with E-state index in [-0.39, 0.29) is 10.8 Å². The van der Waals surface area contributed by atoms with Crippen molar-refractivity contribution in [3.8, 4) is 5.88 Å². The number of hydrogen-bond acceptors (Lipinski definition) is 5. The van der Waals surface area contributed by atoms with Crippen LogP contribution in [0.1, 0.15) is 4.88 Å². The Morgan fingerprint density at radius 1 is 1.47 bits per heavy atom. The number of nitrogens with zero attached hydrogens (tertiary/aromatic N) is 1. The van der Waals surface area contributed by atoms with Gasteiger partial charge in [0.1, 0.15) is 10.6 Å². The molecule has 0 aromatic carbocycles. The molecule has 0 atom stereocenters. The lowest BCUT2D eigenvalue weighted by Gasteiger charge is -2.10. The van der Waals surface area contributed by atoms with E-state index in [0.717, 1.165) is 3.79 Å². The van der Waals surface area contributed by atoms with E-state index in [4.69, 9.17) is 4.74 Å². The molecule has 102 valence electrons. The molecule has 0 radical (unpaired) electrons. The summed E-state index contributed by atoms with van der Waals surface area (Å²) in [5, 5.41) is 0. The SMILES string of the molecule is COc1ncccc1NS(=O)(=O)c1cc(Br)sc1C. The third-order valence-electron chi connectivity index (χ3n) is 2.34. The number of thiophene rings is 1. The van der Waals surface area contributed by atoms with Crippen molar-refractivity contribution in [1.82, 2.24) is 4.98 Å². The van der Waals surface area contributed by atoms with Crippen LogP contribution >= 0.6 is 27.3 Å². The standard InChI is InChI=1S/C11H11BrN2O3S2/c1-7-9(6-10(12)18-7)19(15,16)14-8-4-3-5-13-11(8)17-2/h3-6,14H,1-2H3. The van der Waals surface area contributed by atoms with Crippen molar-refractivity contribution in [1.29, 1.82) is 0 Å². The fourth-order valence-corrected chi connectivity index (χ4v) is 5.00. The molecule has 2 rings (SSSR count). The predicted molar refractivity (Wildman–Crippen MR) is 78.4 cm³/mol. The molecule has 0 aliphatic rings. The number of rotatable bonds is 4. The quantitative estimate of drug-likeness (QED) is 0.907. The maximum Gasteiger partial charge on any atom is 0.263 e. The zero-order chi connectivity index (χ0) is 14.0. The molecule has 0 fully saturated rings. The summed E-state index contributed by atoms with van der Waals surface area (Å²) in [5.41, 5.74) is 0.312. The highest BCUT2D eigenvalue weighted by Gasteiger charge is 2.21. The van der Waals surface area contributed by atoms with Gasteiger partial charge in [0.05, 0.1) is 10.9 Å². The van der Waals surface area contributed by atoms with Gasteiger partial charge in [-0.15, -0.1) is 11.3 Å². The molecule has 0 aliphatic carbocycles. The zero-order valence-corrected chi connectivity index (χ0v) is 13.4. The molecule has 2 aromatic heterocycles. The Labute approximate surface area is 123 Å². The van der Waals surface area contributed by atoms with Gasteiger partial charge in [0.2, 0.25) is 5.88 Å². The summed E-state index contributed by atoms with van der Waals surface area (Å²) in [7, 11) is -2.21. The highest BCUT2D eigenvalue weighted by molar-refractivity contribution is 9.11. The summed E-state index contributed by atoms with van der Waals surface area (Å²) in [5.74, 6) is 0.234. The summed E-state index contributed by atoms with van der Waals surface area (Å²) in [6, 6.07) is 4.81. The molecular weight excluding hydrogens is 352 g/mol. The van der Waals surface area contributed by atoms with Crippen molar-refractivity contribution in [2.24, 2.45) is 0 Å². The summed E-state index contributed by atoms with van der Waals surface area (Å²) in [6.45, 7) is 1.75. The lowest BCUT2D eigenvalue weighted by molar-refractivity contribution is 0.400. The number of anilines is 1. The minimum Gasteiger partial charge on any atom is -0.480 e. The minimum absolute atomic E-state index is 0.234. The van der Waals surface area contributed by atoms with Crippen molar-refractivity contribution in [2.45, 2.75) is 11.8 Å². The van der Waals surface area contributed by atoms with E-state index < -0.39 is 10.0 Å². The summed E-state index contributed by atoms with van der Waals surface area (Å²) < 4.78 is 32.9. The largest absolute Gasteiger partial charge is 0.480 e. The first-order chi connectivity index (χ1) is 8.94. The molecule has 0 amide bonds. The second kappa shape index (κ2) is 5.48. The molecule has 5 nitrogen and oxygen atoms in total. The Morgan fingerprint density at radius 3 is 2.79 bits per heavy atom. The summed E-state index contributed by atoms with van der Waals surface area (Å²) in [4.78, 5) is 4.90. The van der Waals surface area contributed by atoms with Crippen LogP contribution in [0.25, 0.3) is 0 Å². The first-order valence-electron chi connectivity index (χ1n) is 5.22. The molecule has 19 heavy (non-hydrogen) atoms. The third-order valence-corrected chi connectivity index (χ3v) is 5.51. The fraction of sp³-hybridized carbons (Fsp3) is 0.182. The Morgan fingerprint density at radius 2 is 2.21 bits per heavy atom. The number of hydrogen-bond donors (Lipinski definition) is 1. The maximum atomic E-state index is 12.3. The van der Waals surface area contributed by atoms with E-state index in [9.17, 15) is 8.42 Å². The monoisotopic (exact) mass is 362 g/mol. The van der Waals surface area contributed by atoms with Gasteiger partial charge in [0.25, 0.3) is 10.0 Å². The average molecular weight is 363 g/mol. The first kappa shape index (κ1) is 14.3. The van der Waals surface area contributed by atoms with Gasteiger partial charge in [-0.3, -0.25) is 4.72 Å². The Hall–Kier alpha value is -1.12. The number of aromatic nitrogens is 1. The fourth-order valence-electron chi connectivity index (χ4n) is 1.53. The Kier molecular flexibility index (Phi) is 4.12. The normalized spacial score (nSPS) is 11.3.